The van der Waals surface area contributed by atoms with E-state index in [0.717, 1.165) is 5.82 Å². The van der Waals surface area contributed by atoms with Crippen LogP contribution in [0.5, 0.6) is 0 Å². The fraction of sp³-hybridized carbons (Fsp3) is 0.522. The molecule has 1 aliphatic heterocycles. The molecule has 35 heavy (non-hydrogen) atoms. The first kappa shape index (κ1) is 24.1. The fourth-order valence-corrected chi connectivity index (χ4v) is 5.50. The van der Waals surface area contributed by atoms with E-state index in [1.54, 1.807) is 6.07 Å². The number of alkyl halides is 2. The van der Waals surface area contributed by atoms with Gasteiger partial charge in [-0.05, 0) is 37.5 Å². The number of piperazine rings is 1. The monoisotopic (exact) mass is 508 g/mol. The van der Waals surface area contributed by atoms with Crippen LogP contribution in [0.1, 0.15) is 37.2 Å². The summed E-state index contributed by atoms with van der Waals surface area (Å²) in [5, 5.41) is 0.0207. The molecule has 188 valence electrons. The van der Waals surface area contributed by atoms with Crippen molar-refractivity contribution in [3.8, 4) is 0 Å². The maximum Gasteiger partial charge on any atom is 0.248 e. The number of halogens is 4. The SMILES string of the molecule is Cc1nc2c(N3CCN(C(c4ccc(Cl)c(F)c4)C4CC(F)(F)C4)CC3C)nc(NN)nc2n1C. The van der Waals surface area contributed by atoms with Crippen molar-refractivity contribution in [1.29, 1.82) is 0 Å². The van der Waals surface area contributed by atoms with E-state index in [0.29, 0.717) is 42.2 Å². The number of nitrogen functional groups attached to an aromatic ring is 1. The Hall–Kier alpha value is -2.63. The smallest absolute Gasteiger partial charge is 0.248 e. The molecular weight excluding hydrogens is 481 g/mol. The van der Waals surface area contributed by atoms with Crippen molar-refractivity contribution in [3.63, 3.8) is 0 Å². The quantitative estimate of drug-likeness (QED) is 0.397. The van der Waals surface area contributed by atoms with Crippen LogP contribution in [0.25, 0.3) is 11.2 Å². The van der Waals surface area contributed by atoms with Gasteiger partial charge in [-0.25, -0.2) is 24.0 Å². The van der Waals surface area contributed by atoms with Crippen molar-refractivity contribution >= 4 is 34.5 Å². The summed E-state index contributed by atoms with van der Waals surface area (Å²) in [6.07, 6.45) is -0.413. The molecule has 1 aromatic carbocycles. The Balaban J connectivity index is 1.45. The second-order valence-corrected chi connectivity index (χ2v) is 9.99. The first-order valence-corrected chi connectivity index (χ1v) is 12.0. The molecule has 1 saturated heterocycles. The summed E-state index contributed by atoms with van der Waals surface area (Å²) in [4.78, 5) is 18.0. The van der Waals surface area contributed by atoms with Crippen LogP contribution in [0.15, 0.2) is 18.2 Å². The molecule has 0 radical (unpaired) electrons. The molecule has 5 rings (SSSR count). The number of nitrogens with zero attached hydrogens (tertiary/aromatic N) is 6. The number of aryl methyl sites for hydroxylation is 2. The molecule has 0 bridgehead atoms. The van der Waals surface area contributed by atoms with Crippen LogP contribution in [-0.4, -0.2) is 56.0 Å². The predicted octanol–water partition coefficient (Wildman–Crippen LogP) is 4.05. The molecular formula is C23H28ClF3N8. The summed E-state index contributed by atoms with van der Waals surface area (Å²) >= 11 is 5.89. The number of aromatic nitrogens is 4. The number of rotatable bonds is 5. The van der Waals surface area contributed by atoms with Crippen molar-refractivity contribution in [1.82, 2.24) is 24.4 Å². The highest BCUT2D eigenvalue weighted by atomic mass is 35.5. The molecule has 0 spiro atoms. The molecule has 3 N–H and O–H groups in total. The number of hydrazine groups is 1. The van der Waals surface area contributed by atoms with Gasteiger partial charge in [-0.3, -0.25) is 10.3 Å². The molecule has 2 aliphatic rings. The highest BCUT2D eigenvalue weighted by Gasteiger charge is 2.50. The van der Waals surface area contributed by atoms with Crippen LogP contribution in [0.4, 0.5) is 24.9 Å². The van der Waals surface area contributed by atoms with Crippen LogP contribution >= 0.6 is 11.6 Å². The van der Waals surface area contributed by atoms with E-state index in [1.165, 1.54) is 12.1 Å². The molecule has 12 heteroatoms. The van der Waals surface area contributed by atoms with Gasteiger partial charge in [-0.1, -0.05) is 17.7 Å². The second-order valence-electron chi connectivity index (χ2n) is 9.59. The highest BCUT2D eigenvalue weighted by Crippen LogP contribution is 2.51. The first-order chi connectivity index (χ1) is 16.6. The van der Waals surface area contributed by atoms with Crippen molar-refractivity contribution in [2.45, 2.75) is 44.7 Å². The number of nitrogens with one attached hydrogen (secondary N) is 1. The van der Waals surface area contributed by atoms with E-state index < -0.39 is 11.7 Å². The Morgan fingerprint density at radius 3 is 2.57 bits per heavy atom. The minimum absolute atomic E-state index is 0.0185. The number of fused-ring (bicyclic) bond motifs is 1. The Morgan fingerprint density at radius 1 is 1.20 bits per heavy atom. The maximum atomic E-state index is 14.3. The first-order valence-electron chi connectivity index (χ1n) is 11.6. The van der Waals surface area contributed by atoms with Gasteiger partial charge in [0, 0.05) is 51.6 Å². The van der Waals surface area contributed by atoms with Crippen molar-refractivity contribution in [2.24, 2.45) is 18.8 Å². The topological polar surface area (TPSA) is 88.1 Å². The zero-order valence-corrected chi connectivity index (χ0v) is 20.5. The average Bonchev–Trinajstić information content (AvgIpc) is 3.08. The molecule has 1 saturated carbocycles. The predicted molar refractivity (Wildman–Crippen MR) is 129 cm³/mol. The van der Waals surface area contributed by atoms with Crippen LogP contribution in [0.2, 0.25) is 5.02 Å². The molecule has 8 nitrogen and oxygen atoms in total. The Labute approximate surface area is 206 Å². The van der Waals surface area contributed by atoms with Gasteiger partial charge >= 0.3 is 0 Å². The Bertz CT molecular complexity index is 1260. The Kier molecular flexibility index (Phi) is 6.05. The fourth-order valence-electron chi connectivity index (χ4n) is 5.38. The van der Waals surface area contributed by atoms with Gasteiger partial charge < -0.3 is 9.47 Å². The van der Waals surface area contributed by atoms with Crippen molar-refractivity contribution in [3.05, 3.63) is 40.4 Å². The number of anilines is 2. The molecule has 2 aromatic heterocycles. The van der Waals surface area contributed by atoms with Gasteiger partial charge in [0.2, 0.25) is 11.9 Å². The van der Waals surface area contributed by atoms with E-state index >= 15 is 0 Å². The van der Waals surface area contributed by atoms with E-state index in [9.17, 15) is 13.2 Å². The molecule has 0 amide bonds. The molecule has 3 heterocycles. The molecule has 2 unspecified atom stereocenters. The molecule has 2 atom stereocenters. The number of hydrogen-bond donors (Lipinski definition) is 2. The zero-order chi connectivity index (χ0) is 25.1. The zero-order valence-electron chi connectivity index (χ0n) is 19.8. The normalized spacial score (nSPS) is 21.8. The van der Waals surface area contributed by atoms with Crippen molar-refractivity contribution in [2.75, 3.05) is 30.0 Å². The molecule has 3 aromatic rings. The van der Waals surface area contributed by atoms with E-state index in [-0.39, 0.29) is 41.8 Å². The van der Waals surface area contributed by atoms with Gasteiger partial charge in [0.15, 0.2) is 17.0 Å². The lowest BCUT2D eigenvalue weighted by molar-refractivity contribution is -0.133. The molecule has 1 aliphatic carbocycles. The number of hydrogen-bond acceptors (Lipinski definition) is 7. The third kappa shape index (κ3) is 4.30. The lowest BCUT2D eigenvalue weighted by Crippen LogP contribution is -2.56. The largest absolute Gasteiger partial charge is 0.349 e. The summed E-state index contributed by atoms with van der Waals surface area (Å²) in [6, 6.07) is 4.28. The van der Waals surface area contributed by atoms with Crippen LogP contribution < -0.4 is 16.2 Å². The number of imidazole rings is 1. The summed E-state index contributed by atoms with van der Waals surface area (Å²) in [7, 11) is 1.88. The van der Waals surface area contributed by atoms with Gasteiger partial charge in [0.1, 0.15) is 11.6 Å². The third-order valence-electron chi connectivity index (χ3n) is 7.23. The van der Waals surface area contributed by atoms with E-state index in [2.05, 4.69) is 37.1 Å². The number of benzene rings is 1. The van der Waals surface area contributed by atoms with Crippen LogP contribution in [-0.2, 0) is 7.05 Å². The highest BCUT2D eigenvalue weighted by molar-refractivity contribution is 6.30. The van der Waals surface area contributed by atoms with Crippen LogP contribution in [0.3, 0.4) is 0 Å². The van der Waals surface area contributed by atoms with E-state index in [1.807, 2.05) is 18.5 Å². The van der Waals surface area contributed by atoms with Crippen molar-refractivity contribution < 1.29 is 13.2 Å². The number of nitrogens with two attached hydrogens (primary N) is 1. The standard InChI is InChI=1S/C23H28ClF3N8/c1-12-11-34(19(15-9-23(26,27)10-15)14-4-5-16(24)17(25)8-14)6-7-35(12)21-18-20(30-22(31-21)32-28)33(3)13(2)29-18/h4-5,8,12,15,19H,6-7,9-11,28H2,1-3H3,(H,30,31,32). The van der Waals surface area contributed by atoms with Gasteiger partial charge in [0.25, 0.3) is 0 Å². The maximum absolute atomic E-state index is 14.3. The lowest BCUT2D eigenvalue weighted by atomic mass is 9.73. The van der Waals surface area contributed by atoms with Gasteiger partial charge in [-0.15, -0.1) is 0 Å². The average molecular weight is 509 g/mol. The summed E-state index contributed by atoms with van der Waals surface area (Å²) in [6.45, 7) is 5.71. The van der Waals surface area contributed by atoms with Crippen LogP contribution in [0, 0.1) is 18.7 Å². The van der Waals surface area contributed by atoms with Gasteiger partial charge in [0.05, 0.1) is 5.02 Å². The minimum atomic E-state index is -2.67. The summed E-state index contributed by atoms with van der Waals surface area (Å²) in [5.41, 5.74) is 4.55. The third-order valence-corrected chi connectivity index (χ3v) is 7.54. The second kappa shape index (κ2) is 8.79. The van der Waals surface area contributed by atoms with Gasteiger partial charge in [-0.2, -0.15) is 9.97 Å². The Morgan fingerprint density at radius 2 is 1.94 bits per heavy atom. The van der Waals surface area contributed by atoms with E-state index in [4.69, 9.17) is 17.4 Å². The summed E-state index contributed by atoms with van der Waals surface area (Å²) in [5.74, 6) is 3.91. The molecule has 2 fully saturated rings. The lowest BCUT2D eigenvalue weighted by Gasteiger charge is -2.49. The summed E-state index contributed by atoms with van der Waals surface area (Å²) < 4.78 is 43.8. The minimum Gasteiger partial charge on any atom is -0.349 e.